The highest BCUT2D eigenvalue weighted by molar-refractivity contribution is 5.82. The summed E-state index contributed by atoms with van der Waals surface area (Å²) in [7, 11) is 0. The fourth-order valence-electron chi connectivity index (χ4n) is 1.15. The number of ketones is 1. The summed E-state index contributed by atoms with van der Waals surface area (Å²) < 4.78 is 0. The number of hydrogen-bond acceptors (Lipinski definition) is 3. The first-order valence-corrected chi connectivity index (χ1v) is 4.84. The summed E-state index contributed by atoms with van der Waals surface area (Å²) in [6, 6.07) is 1.91. The number of hydrogen-bond donors (Lipinski definition) is 0. The molecule has 3 nitrogen and oxygen atoms in total. The smallest absolute Gasteiger partial charge is 0.138 e. The first-order chi connectivity index (χ1) is 6.52. The molecule has 14 heavy (non-hydrogen) atoms. The Morgan fingerprint density at radius 2 is 1.79 bits per heavy atom. The zero-order valence-electron chi connectivity index (χ0n) is 9.11. The summed E-state index contributed by atoms with van der Waals surface area (Å²) in [5.74, 6) is 0.379. The van der Waals surface area contributed by atoms with Crippen molar-refractivity contribution in [3.05, 3.63) is 23.8 Å². The molecule has 0 N–H and O–H groups in total. The van der Waals surface area contributed by atoms with Crippen molar-refractivity contribution in [2.45, 2.75) is 39.5 Å². The number of carbonyl (C=O) groups excluding carboxylic acids is 1. The van der Waals surface area contributed by atoms with Gasteiger partial charge in [0.15, 0.2) is 0 Å². The SMILES string of the molecule is CC(=O)C(C)c1cc(C(C)C)ncn1. The Morgan fingerprint density at radius 1 is 1.21 bits per heavy atom. The molecule has 0 aliphatic carbocycles. The molecule has 0 saturated heterocycles. The van der Waals surface area contributed by atoms with Crippen molar-refractivity contribution in [2.75, 3.05) is 0 Å². The van der Waals surface area contributed by atoms with Crippen molar-refractivity contribution in [3.8, 4) is 0 Å². The molecule has 0 aromatic carbocycles. The molecule has 0 saturated carbocycles. The molecule has 0 aliphatic rings. The van der Waals surface area contributed by atoms with Crippen molar-refractivity contribution in [3.63, 3.8) is 0 Å². The van der Waals surface area contributed by atoms with Crippen LogP contribution in [0.4, 0.5) is 0 Å². The minimum absolute atomic E-state index is 0.129. The van der Waals surface area contributed by atoms with E-state index in [4.69, 9.17) is 0 Å². The fraction of sp³-hybridized carbons (Fsp3) is 0.545. The van der Waals surface area contributed by atoms with Crippen LogP contribution in [0.1, 0.15) is 50.9 Å². The van der Waals surface area contributed by atoms with Crippen LogP contribution in [0.3, 0.4) is 0 Å². The van der Waals surface area contributed by atoms with Crippen molar-refractivity contribution < 1.29 is 4.79 Å². The number of nitrogens with zero attached hydrogens (tertiary/aromatic N) is 2. The van der Waals surface area contributed by atoms with Crippen LogP contribution in [-0.4, -0.2) is 15.8 Å². The molecule has 0 amide bonds. The summed E-state index contributed by atoms with van der Waals surface area (Å²) >= 11 is 0. The van der Waals surface area contributed by atoms with E-state index in [1.807, 2.05) is 13.0 Å². The molecular weight excluding hydrogens is 176 g/mol. The van der Waals surface area contributed by atoms with Gasteiger partial charge in [0.25, 0.3) is 0 Å². The Bertz CT molecular complexity index is 334. The molecule has 0 fully saturated rings. The van der Waals surface area contributed by atoms with Crippen LogP contribution in [0.2, 0.25) is 0 Å². The maximum Gasteiger partial charge on any atom is 0.138 e. The van der Waals surface area contributed by atoms with E-state index in [1.54, 1.807) is 6.92 Å². The molecular formula is C11H16N2O. The Kier molecular flexibility index (Phi) is 3.33. The molecule has 0 aliphatic heterocycles. The predicted octanol–water partition coefficient (Wildman–Crippen LogP) is 2.29. The number of carbonyl (C=O) groups is 1. The lowest BCUT2D eigenvalue weighted by atomic mass is 10.0. The minimum atomic E-state index is -0.129. The van der Waals surface area contributed by atoms with Crippen LogP contribution in [0.25, 0.3) is 0 Å². The Morgan fingerprint density at radius 3 is 2.29 bits per heavy atom. The molecule has 1 rings (SSSR count). The van der Waals surface area contributed by atoms with Gasteiger partial charge in [-0.1, -0.05) is 13.8 Å². The third kappa shape index (κ3) is 2.37. The van der Waals surface area contributed by atoms with Gasteiger partial charge in [-0.15, -0.1) is 0 Å². The summed E-state index contributed by atoms with van der Waals surface area (Å²) in [6.45, 7) is 7.60. The van der Waals surface area contributed by atoms with Gasteiger partial charge in [0.1, 0.15) is 12.1 Å². The minimum Gasteiger partial charge on any atom is -0.299 e. The highest BCUT2D eigenvalue weighted by atomic mass is 16.1. The first kappa shape index (κ1) is 10.8. The molecule has 1 heterocycles. The largest absolute Gasteiger partial charge is 0.299 e. The lowest BCUT2D eigenvalue weighted by molar-refractivity contribution is -0.118. The maximum absolute atomic E-state index is 11.2. The second-order valence-corrected chi connectivity index (χ2v) is 3.85. The molecule has 0 radical (unpaired) electrons. The summed E-state index contributed by atoms with van der Waals surface area (Å²) in [4.78, 5) is 19.4. The fourth-order valence-corrected chi connectivity index (χ4v) is 1.15. The topological polar surface area (TPSA) is 42.9 Å². The lowest BCUT2D eigenvalue weighted by Gasteiger charge is -2.09. The molecule has 0 bridgehead atoms. The first-order valence-electron chi connectivity index (χ1n) is 4.84. The average Bonchev–Trinajstić information content (AvgIpc) is 2.16. The third-order valence-corrected chi connectivity index (χ3v) is 2.35. The zero-order valence-corrected chi connectivity index (χ0v) is 9.11. The van der Waals surface area contributed by atoms with Gasteiger partial charge >= 0.3 is 0 Å². The van der Waals surface area contributed by atoms with Crippen LogP contribution >= 0.6 is 0 Å². The highest BCUT2D eigenvalue weighted by Gasteiger charge is 2.13. The van der Waals surface area contributed by atoms with E-state index in [9.17, 15) is 4.79 Å². The van der Waals surface area contributed by atoms with Gasteiger partial charge in [0.2, 0.25) is 0 Å². The van der Waals surface area contributed by atoms with Gasteiger partial charge in [-0.25, -0.2) is 9.97 Å². The van der Waals surface area contributed by atoms with Gasteiger partial charge in [0, 0.05) is 5.69 Å². The lowest BCUT2D eigenvalue weighted by Crippen LogP contribution is -2.08. The van der Waals surface area contributed by atoms with E-state index < -0.39 is 0 Å². The van der Waals surface area contributed by atoms with E-state index in [0.717, 1.165) is 11.4 Å². The molecule has 1 aromatic heterocycles. The van der Waals surface area contributed by atoms with E-state index >= 15 is 0 Å². The van der Waals surface area contributed by atoms with Gasteiger partial charge in [-0.3, -0.25) is 4.79 Å². The molecule has 1 atom stereocenters. The molecule has 0 spiro atoms. The Hall–Kier alpha value is -1.25. The normalized spacial score (nSPS) is 12.9. The highest BCUT2D eigenvalue weighted by Crippen LogP contribution is 2.17. The third-order valence-electron chi connectivity index (χ3n) is 2.35. The Balaban J connectivity index is 2.99. The standard InChI is InChI=1S/C11H16N2O/c1-7(2)10-5-11(13-6-12-10)8(3)9(4)14/h5-8H,1-4H3. The number of Topliss-reactive ketones (excluding diaryl/α,β-unsaturated/α-hetero) is 1. The Labute approximate surface area is 84.6 Å². The van der Waals surface area contributed by atoms with Crippen LogP contribution in [-0.2, 0) is 4.79 Å². The van der Waals surface area contributed by atoms with Crippen molar-refractivity contribution in [1.82, 2.24) is 9.97 Å². The molecule has 1 unspecified atom stereocenters. The quantitative estimate of drug-likeness (QED) is 0.738. The van der Waals surface area contributed by atoms with Gasteiger partial charge < -0.3 is 0 Å². The second kappa shape index (κ2) is 4.31. The molecule has 76 valence electrons. The van der Waals surface area contributed by atoms with Gasteiger partial charge in [-0.05, 0) is 25.8 Å². The summed E-state index contributed by atoms with van der Waals surface area (Å²) in [5, 5.41) is 0. The van der Waals surface area contributed by atoms with Gasteiger partial charge in [-0.2, -0.15) is 0 Å². The predicted molar refractivity (Wildman–Crippen MR) is 55.2 cm³/mol. The number of rotatable bonds is 3. The van der Waals surface area contributed by atoms with Crippen molar-refractivity contribution >= 4 is 5.78 Å². The van der Waals surface area contributed by atoms with E-state index in [-0.39, 0.29) is 11.7 Å². The van der Waals surface area contributed by atoms with Crippen LogP contribution in [0, 0.1) is 0 Å². The number of aromatic nitrogens is 2. The second-order valence-electron chi connectivity index (χ2n) is 3.85. The van der Waals surface area contributed by atoms with Gasteiger partial charge in [0.05, 0.1) is 11.6 Å². The molecule has 3 heteroatoms. The summed E-state index contributed by atoms with van der Waals surface area (Å²) in [6.07, 6.45) is 1.53. The van der Waals surface area contributed by atoms with Crippen LogP contribution < -0.4 is 0 Å². The summed E-state index contributed by atoms with van der Waals surface area (Å²) in [5.41, 5.74) is 1.80. The maximum atomic E-state index is 11.2. The van der Waals surface area contributed by atoms with Crippen LogP contribution in [0.5, 0.6) is 0 Å². The van der Waals surface area contributed by atoms with Crippen molar-refractivity contribution in [2.24, 2.45) is 0 Å². The monoisotopic (exact) mass is 192 g/mol. The van der Waals surface area contributed by atoms with E-state index in [0.29, 0.717) is 5.92 Å². The van der Waals surface area contributed by atoms with Crippen molar-refractivity contribution in [1.29, 1.82) is 0 Å². The molecule has 1 aromatic rings. The zero-order chi connectivity index (χ0) is 10.7. The van der Waals surface area contributed by atoms with E-state index in [2.05, 4.69) is 23.8 Å². The van der Waals surface area contributed by atoms with E-state index in [1.165, 1.54) is 6.33 Å². The average molecular weight is 192 g/mol. The van der Waals surface area contributed by atoms with Crippen LogP contribution in [0.15, 0.2) is 12.4 Å².